The summed E-state index contributed by atoms with van der Waals surface area (Å²) < 4.78 is 22.9. The molecule has 1 aliphatic rings. The third-order valence-electron chi connectivity index (χ3n) is 3.67. The van der Waals surface area contributed by atoms with Crippen molar-refractivity contribution in [2.75, 3.05) is 12.8 Å². The van der Waals surface area contributed by atoms with Crippen LogP contribution in [0.15, 0.2) is 34.1 Å². The number of hydrogen-bond donors (Lipinski definition) is 1. The Bertz CT molecular complexity index is 523. The number of benzene rings is 1. The highest BCUT2D eigenvalue weighted by molar-refractivity contribution is 8.00. The molecule has 2 atom stereocenters. The molecule has 0 spiro atoms. The lowest BCUT2D eigenvalue weighted by molar-refractivity contribution is 0.388. The second-order valence-electron chi connectivity index (χ2n) is 5.40. The first-order valence-electron chi connectivity index (χ1n) is 7.19. The molecule has 3 nitrogen and oxygen atoms in total. The number of thioether (sulfide) groups is 1. The van der Waals surface area contributed by atoms with Crippen LogP contribution in [0.25, 0.3) is 0 Å². The van der Waals surface area contributed by atoms with Gasteiger partial charge in [0, 0.05) is 22.4 Å². The largest absolute Gasteiger partial charge is 0.314 e. The molecule has 2 rings (SSSR count). The number of sulfone groups is 1. The second kappa shape index (κ2) is 6.96. The fraction of sp³-hybridized carbons (Fsp3) is 0.600. The maximum absolute atomic E-state index is 11.4. The van der Waals surface area contributed by atoms with Gasteiger partial charge in [0.25, 0.3) is 0 Å². The molecule has 1 aliphatic carbocycles. The van der Waals surface area contributed by atoms with E-state index < -0.39 is 9.84 Å². The standard InChI is InChI=1S/C15H23NO2S2/c1-3-16-12-5-4-6-14(11-12)19-13-7-9-15(10-8-13)20(2,17)18/h7-10,12,14,16H,3-6,11H2,1-2H3. The molecule has 1 saturated carbocycles. The minimum atomic E-state index is -3.09. The quantitative estimate of drug-likeness (QED) is 0.907. The van der Waals surface area contributed by atoms with Gasteiger partial charge in [-0.05, 0) is 50.1 Å². The Morgan fingerprint density at radius 3 is 2.55 bits per heavy atom. The van der Waals surface area contributed by atoms with Crippen LogP contribution in [-0.2, 0) is 9.84 Å². The smallest absolute Gasteiger partial charge is 0.175 e. The molecule has 2 unspecified atom stereocenters. The predicted molar refractivity (Wildman–Crippen MR) is 85.1 cm³/mol. The minimum Gasteiger partial charge on any atom is -0.314 e. The normalized spacial score (nSPS) is 23.7. The predicted octanol–water partition coefficient (Wildman–Crippen LogP) is 3.10. The Hall–Kier alpha value is -0.520. The van der Waals surface area contributed by atoms with E-state index in [2.05, 4.69) is 12.2 Å². The Morgan fingerprint density at radius 1 is 1.25 bits per heavy atom. The highest BCUT2D eigenvalue weighted by Gasteiger charge is 2.22. The molecular formula is C15H23NO2S2. The molecule has 0 radical (unpaired) electrons. The van der Waals surface area contributed by atoms with E-state index in [1.807, 2.05) is 23.9 Å². The molecule has 0 amide bonds. The average molecular weight is 313 g/mol. The van der Waals surface area contributed by atoms with E-state index in [1.54, 1.807) is 12.1 Å². The van der Waals surface area contributed by atoms with Crippen molar-refractivity contribution >= 4 is 21.6 Å². The summed E-state index contributed by atoms with van der Waals surface area (Å²) >= 11 is 1.88. The summed E-state index contributed by atoms with van der Waals surface area (Å²) in [4.78, 5) is 1.57. The number of hydrogen-bond acceptors (Lipinski definition) is 4. The van der Waals surface area contributed by atoms with E-state index in [-0.39, 0.29) is 0 Å². The summed E-state index contributed by atoms with van der Waals surface area (Å²) in [7, 11) is -3.09. The zero-order valence-corrected chi connectivity index (χ0v) is 13.8. The Balaban J connectivity index is 1.96. The summed E-state index contributed by atoms with van der Waals surface area (Å²) in [6.45, 7) is 3.19. The molecule has 5 heteroatoms. The average Bonchev–Trinajstić information content (AvgIpc) is 2.39. The van der Waals surface area contributed by atoms with Gasteiger partial charge in [0.1, 0.15) is 0 Å². The first-order chi connectivity index (χ1) is 9.49. The van der Waals surface area contributed by atoms with Crippen LogP contribution < -0.4 is 5.32 Å². The van der Waals surface area contributed by atoms with Gasteiger partial charge < -0.3 is 5.32 Å². The van der Waals surface area contributed by atoms with Crippen molar-refractivity contribution in [2.24, 2.45) is 0 Å². The molecule has 0 aromatic heterocycles. The molecule has 0 aliphatic heterocycles. The molecule has 0 saturated heterocycles. The van der Waals surface area contributed by atoms with Gasteiger partial charge in [-0.1, -0.05) is 13.3 Å². The van der Waals surface area contributed by atoms with Crippen LogP contribution in [0.3, 0.4) is 0 Å². The molecule has 112 valence electrons. The number of nitrogens with one attached hydrogen (secondary N) is 1. The lowest BCUT2D eigenvalue weighted by Gasteiger charge is -2.29. The van der Waals surface area contributed by atoms with Gasteiger partial charge in [-0.2, -0.15) is 0 Å². The van der Waals surface area contributed by atoms with Gasteiger partial charge in [-0.25, -0.2) is 8.42 Å². The second-order valence-corrected chi connectivity index (χ2v) is 8.79. The van der Waals surface area contributed by atoms with E-state index in [0.29, 0.717) is 16.2 Å². The minimum absolute atomic E-state index is 0.399. The van der Waals surface area contributed by atoms with Gasteiger partial charge in [0.15, 0.2) is 9.84 Å². The third-order valence-corrected chi connectivity index (χ3v) is 6.11. The fourth-order valence-corrected chi connectivity index (χ4v) is 4.61. The maximum atomic E-state index is 11.4. The van der Waals surface area contributed by atoms with Crippen LogP contribution in [0.1, 0.15) is 32.6 Å². The SMILES string of the molecule is CCNC1CCCC(Sc2ccc(S(C)(=O)=O)cc2)C1. The van der Waals surface area contributed by atoms with E-state index in [1.165, 1.54) is 36.8 Å². The van der Waals surface area contributed by atoms with Gasteiger partial charge in [0.05, 0.1) is 4.90 Å². The summed E-state index contributed by atoms with van der Waals surface area (Å²) in [5.74, 6) is 0. The van der Waals surface area contributed by atoms with Crippen molar-refractivity contribution in [1.82, 2.24) is 5.32 Å². The molecule has 0 heterocycles. The lowest BCUT2D eigenvalue weighted by atomic mass is 9.95. The monoisotopic (exact) mass is 313 g/mol. The highest BCUT2D eigenvalue weighted by atomic mass is 32.2. The number of rotatable bonds is 5. The molecule has 0 bridgehead atoms. The highest BCUT2D eigenvalue weighted by Crippen LogP contribution is 2.34. The fourth-order valence-electron chi connectivity index (χ4n) is 2.68. The van der Waals surface area contributed by atoms with Gasteiger partial charge in [0.2, 0.25) is 0 Å². The summed E-state index contributed by atoms with van der Waals surface area (Å²) in [5.41, 5.74) is 0. The van der Waals surface area contributed by atoms with Gasteiger partial charge in [-0.3, -0.25) is 0 Å². The molecule has 1 aromatic carbocycles. The molecule has 1 aromatic rings. The van der Waals surface area contributed by atoms with E-state index in [0.717, 1.165) is 6.54 Å². The molecule has 20 heavy (non-hydrogen) atoms. The first-order valence-corrected chi connectivity index (χ1v) is 9.96. The van der Waals surface area contributed by atoms with Crippen LogP contribution in [0, 0.1) is 0 Å². The van der Waals surface area contributed by atoms with Crippen molar-refractivity contribution in [1.29, 1.82) is 0 Å². The van der Waals surface area contributed by atoms with Crippen molar-refractivity contribution < 1.29 is 8.42 Å². The molecular weight excluding hydrogens is 290 g/mol. The van der Waals surface area contributed by atoms with Crippen molar-refractivity contribution in [3.05, 3.63) is 24.3 Å². The molecule has 1 N–H and O–H groups in total. The van der Waals surface area contributed by atoms with E-state index >= 15 is 0 Å². The summed E-state index contributed by atoms with van der Waals surface area (Å²) in [6, 6.07) is 7.92. The van der Waals surface area contributed by atoms with Crippen LogP contribution in [-0.4, -0.2) is 32.5 Å². The van der Waals surface area contributed by atoms with E-state index in [4.69, 9.17) is 0 Å². The van der Waals surface area contributed by atoms with Crippen LogP contribution >= 0.6 is 11.8 Å². The maximum Gasteiger partial charge on any atom is 0.175 e. The zero-order valence-electron chi connectivity index (χ0n) is 12.1. The summed E-state index contributed by atoms with van der Waals surface area (Å²) in [6.07, 6.45) is 6.25. The third kappa shape index (κ3) is 4.50. The Morgan fingerprint density at radius 2 is 1.95 bits per heavy atom. The van der Waals surface area contributed by atoms with Crippen molar-refractivity contribution in [3.8, 4) is 0 Å². The van der Waals surface area contributed by atoms with Crippen LogP contribution in [0.4, 0.5) is 0 Å². The zero-order chi connectivity index (χ0) is 14.6. The van der Waals surface area contributed by atoms with Crippen LogP contribution in [0.2, 0.25) is 0 Å². The Labute approximate surface area is 126 Å². The van der Waals surface area contributed by atoms with Crippen molar-refractivity contribution in [2.45, 2.75) is 53.7 Å². The van der Waals surface area contributed by atoms with Crippen LogP contribution in [0.5, 0.6) is 0 Å². The topological polar surface area (TPSA) is 46.2 Å². The first kappa shape index (κ1) is 15.9. The van der Waals surface area contributed by atoms with Gasteiger partial charge >= 0.3 is 0 Å². The summed E-state index contributed by atoms with van der Waals surface area (Å²) in [5, 5.41) is 4.17. The molecule has 1 fully saturated rings. The van der Waals surface area contributed by atoms with Crippen molar-refractivity contribution in [3.63, 3.8) is 0 Å². The van der Waals surface area contributed by atoms with E-state index in [9.17, 15) is 8.42 Å². The lowest BCUT2D eigenvalue weighted by Crippen LogP contribution is -2.34. The Kier molecular flexibility index (Phi) is 5.52. The van der Waals surface area contributed by atoms with Gasteiger partial charge in [-0.15, -0.1) is 11.8 Å².